The number of likely N-dealkylation sites (tertiary alicyclic amines) is 1. The van der Waals surface area contributed by atoms with Crippen LogP contribution in [0, 0.1) is 0 Å². The highest BCUT2D eigenvalue weighted by atomic mass is 16.5. The Hall–Kier alpha value is -0.690. The molecule has 0 saturated carbocycles. The molecule has 3 fully saturated rings. The third-order valence-electron chi connectivity index (χ3n) is 5.54. The number of nitrogens with zero attached hydrogens (tertiary/aromatic N) is 3. The highest BCUT2D eigenvalue weighted by Crippen LogP contribution is 2.34. The van der Waals surface area contributed by atoms with Crippen molar-refractivity contribution < 1.29 is 14.6 Å². The van der Waals surface area contributed by atoms with Crippen molar-refractivity contribution in [2.24, 2.45) is 0 Å². The van der Waals surface area contributed by atoms with Crippen molar-refractivity contribution in [3.05, 3.63) is 0 Å². The number of carbonyl (C=O) groups excluding carboxylic acids is 1. The van der Waals surface area contributed by atoms with Crippen molar-refractivity contribution in [3.8, 4) is 0 Å². The van der Waals surface area contributed by atoms with Gasteiger partial charge < -0.3 is 14.7 Å². The van der Waals surface area contributed by atoms with Gasteiger partial charge in [0.1, 0.15) is 5.54 Å². The summed E-state index contributed by atoms with van der Waals surface area (Å²) in [7, 11) is 2.07. The SMILES string of the molecule is CN1CCN(CCO)C(=O)C12CCN([C@H]1CCOC1)CC2. The van der Waals surface area contributed by atoms with Gasteiger partial charge in [0.15, 0.2) is 0 Å². The van der Waals surface area contributed by atoms with Gasteiger partial charge in [-0.15, -0.1) is 0 Å². The Bertz CT molecular complexity index is 376. The van der Waals surface area contributed by atoms with Crippen LogP contribution >= 0.6 is 0 Å². The van der Waals surface area contributed by atoms with E-state index in [0.29, 0.717) is 12.6 Å². The van der Waals surface area contributed by atoms with Crippen LogP contribution in [0.5, 0.6) is 0 Å². The van der Waals surface area contributed by atoms with E-state index in [1.54, 1.807) is 0 Å². The largest absolute Gasteiger partial charge is 0.395 e. The molecule has 3 aliphatic rings. The third kappa shape index (κ3) is 2.70. The van der Waals surface area contributed by atoms with Gasteiger partial charge in [0, 0.05) is 45.4 Å². The summed E-state index contributed by atoms with van der Waals surface area (Å²) < 4.78 is 5.48. The second-order valence-electron chi connectivity index (χ2n) is 6.52. The van der Waals surface area contributed by atoms with Crippen molar-refractivity contribution in [2.45, 2.75) is 30.8 Å². The van der Waals surface area contributed by atoms with E-state index in [9.17, 15) is 4.79 Å². The summed E-state index contributed by atoms with van der Waals surface area (Å²) in [5, 5.41) is 9.14. The van der Waals surface area contributed by atoms with Gasteiger partial charge in [-0.1, -0.05) is 0 Å². The molecule has 0 aromatic carbocycles. The van der Waals surface area contributed by atoms with Crippen molar-refractivity contribution in [3.63, 3.8) is 0 Å². The normalized spacial score (nSPS) is 31.2. The minimum absolute atomic E-state index is 0.0527. The highest BCUT2D eigenvalue weighted by molar-refractivity contribution is 5.87. The molecule has 21 heavy (non-hydrogen) atoms. The third-order valence-corrected chi connectivity index (χ3v) is 5.54. The fourth-order valence-electron chi connectivity index (χ4n) is 4.04. The Morgan fingerprint density at radius 3 is 2.67 bits per heavy atom. The molecule has 6 nitrogen and oxygen atoms in total. The molecule has 0 unspecified atom stereocenters. The van der Waals surface area contributed by atoms with Crippen LogP contribution in [0.2, 0.25) is 0 Å². The van der Waals surface area contributed by atoms with Crippen LogP contribution in [0.4, 0.5) is 0 Å². The predicted molar refractivity (Wildman–Crippen MR) is 79.1 cm³/mol. The van der Waals surface area contributed by atoms with Crippen LogP contribution in [-0.2, 0) is 9.53 Å². The zero-order chi connectivity index (χ0) is 14.9. The van der Waals surface area contributed by atoms with Crippen LogP contribution in [-0.4, -0.2) is 96.9 Å². The molecule has 1 spiro atoms. The number of aliphatic hydroxyl groups is 1. The molecule has 1 N–H and O–H groups in total. The van der Waals surface area contributed by atoms with Crippen molar-refractivity contribution in [1.29, 1.82) is 0 Å². The molecule has 0 bridgehead atoms. The van der Waals surface area contributed by atoms with Gasteiger partial charge in [-0.25, -0.2) is 0 Å². The lowest BCUT2D eigenvalue weighted by Crippen LogP contribution is -2.68. The molecule has 0 aliphatic carbocycles. The van der Waals surface area contributed by atoms with E-state index in [4.69, 9.17) is 9.84 Å². The average molecular weight is 297 g/mol. The fraction of sp³-hybridized carbons (Fsp3) is 0.933. The van der Waals surface area contributed by atoms with Crippen LogP contribution in [0.3, 0.4) is 0 Å². The molecular formula is C15H27N3O3. The number of β-amino-alcohol motifs (C(OH)–C–C–N with tert-alkyl or cyclic N) is 1. The van der Waals surface area contributed by atoms with Crippen LogP contribution in [0.1, 0.15) is 19.3 Å². The van der Waals surface area contributed by atoms with Gasteiger partial charge in [0.25, 0.3) is 0 Å². The van der Waals surface area contributed by atoms with Gasteiger partial charge in [-0.05, 0) is 26.3 Å². The maximum atomic E-state index is 12.9. The number of hydrogen-bond acceptors (Lipinski definition) is 5. The zero-order valence-corrected chi connectivity index (χ0v) is 13.0. The Morgan fingerprint density at radius 1 is 1.29 bits per heavy atom. The number of piperazine rings is 1. The van der Waals surface area contributed by atoms with Gasteiger partial charge in [0.05, 0.1) is 13.2 Å². The zero-order valence-electron chi connectivity index (χ0n) is 13.0. The maximum Gasteiger partial charge on any atom is 0.243 e. The van der Waals surface area contributed by atoms with Crippen LogP contribution in [0.25, 0.3) is 0 Å². The number of carbonyl (C=O) groups is 1. The van der Waals surface area contributed by atoms with E-state index in [-0.39, 0.29) is 18.1 Å². The molecular weight excluding hydrogens is 270 g/mol. The lowest BCUT2D eigenvalue weighted by Gasteiger charge is -2.52. The van der Waals surface area contributed by atoms with E-state index in [1.807, 2.05) is 4.90 Å². The Kier molecular flexibility index (Phi) is 4.49. The molecule has 0 aromatic heterocycles. The van der Waals surface area contributed by atoms with Gasteiger partial charge >= 0.3 is 0 Å². The van der Waals surface area contributed by atoms with Crippen molar-refractivity contribution in [2.75, 3.05) is 59.6 Å². The lowest BCUT2D eigenvalue weighted by molar-refractivity contribution is -0.155. The first kappa shape index (κ1) is 15.2. The summed E-state index contributed by atoms with van der Waals surface area (Å²) in [6, 6.07) is 0.542. The quantitative estimate of drug-likeness (QED) is 0.752. The molecule has 6 heteroatoms. The number of ether oxygens (including phenoxy) is 1. The minimum Gasteiger partial charge on any atom is -0.395 e. The fourth-order valence-corrected chi connectivity index (χ4v) is 4.04. The van der Waals surface area contributed by atoms with Crippen LogP contribution < -0.4 is 0 Å². The predicted octanol–water partition coefficient (Wildman–Crippen LogP) is -0.624. The van der Waals surface area contributed by atoms with Gasteiger partial charge in [0.2, 0.25) is 5.91 Å². The van der Waals surface area contributed by atoms with E-state index in [2.05, 4.69) is 16.8 Å². The average Bonchev–Trinajstić information content (AvgIpc) is 3.03. The Labute approximate surface area is 126 Å². The molecule has 120 valence electrons. The summed E-state index contributed by atoms with van der Waals surface area (Å²) in [6.07, 6.45) is 2.90. The molecule has 0 radical (unpaired) electrons. The van der Waals surface area contributed by atoms with Gasteiger partial charge in [-0.2, -0.15) is 0 Å². The highest BCUT2D eigenvalue weighted by Gasteiger charge is 2.49. The summed E-state index contributed by atoms with van der Waals surface area (Å²) >= 11 is 0. The van der Waals surface area contributed by atoms with Crippen molar-refractivity contribution in [1.82, 2.24) is 14.7 Å². The van der Waals surface area contributed by atoms with Crippen molar-refractivity contribution >= 4 is 5.91 Å². The number of likely N-dealkylation sites (N-methyl/N-ethyl adjacent to an activating group) is 1. The molecule has 1 atom stereocenters. The maximum absolute atomic E-state index is 12.9. The summed E-state index contributed by atoms with van der Waals surface area (Å²) in [6.45, 7) is 5.80. The number of aliphatic hydroxyl groups excluding tert-OH is 1. The van der Waals surface area contributed by atoms with E-state index < -0.39 is 0 Å². The van der Waals surface area contributed by atoms with Gasteiger partial charge in [-0.3, -0.25) is 14.6 Å². The minimum atomic E-state index is -0.344. The number of hydrogen-bond donors (Lipinski definition) is 1. The smallest absolute Gasteiger partial charge is 0.243 e. The molecule has 3 saturated heterocycles. The molecule has 3 heterocycles. The Morgan fingerprint density at radius 2 is 2.05 bits per heavy atom. The first-order valence-electron chi connectivity index (χ1n) is 8.11. The monoisotopic (exact) mass is 297 g/mol. The molecule has 3 aliphatic heterocycles. The summed E-state index contributed by atoms with van der Waals surface area (Å²) in [4.78, 5) is 19.4. The summed E-state index contributed by atoms with van der Waals surface area (Å²) in [5.74, 6) is 0.215. The molecule has 1 amide bonds. The Balaban J connectivity index is 1.67. The number of rotatable bonds is 3. The second kappa shape index (κ2) is 6.20. The standard InChI is InChI=1S/C15H27N3O3/c1-16-7-8-18(9-10-19)14(20)15(16)3-5-17(6-4-15)13-2-11-21-12-13/h13,19H,2-12H2,1H3/t13-/m0/s1. The molecule has 3 rings (SSSR count). The number of piperidine rings is 1. The van der Waals surface area contributed by atoms with Crippen LogP contribution in [0.15, 0.2) is 0 Å². The molecule has 0 aromatic rings. The van der Waals surface area contributed by atoms with E-state index in [1.165, 1.54) is 0 Å². The van der Waals surface area contributed by atoms with E-state index >= 15 is 0 Å². The second-order valence-corrected chi connectivity index (χ2v) is 6.52. The number of amides is 1. The summed E-state index contributed by atoms with van der Waals surface area (Å²) in [5.41, 5.74) is -0.344. The lowest BCUT2D eigenvalue weighted by atomic mass is 9.82. The first-order chi connectivity index (χ1) is 10.2. The first-order valence-corrected chi connectivity index (χ1v) is 8.11. The van der Waals surface area contributed by atoms with E-state index in [0.717, 1.165) is 58.7 Å². The topological polar surface area (TPSA) is 56.2 Å².